The first kappa shape index (κ1) is 8.53. The second-order valence-corrected chi connectivity index (χ2v) is 3.31. The first-order valence-electron chi connectivity index (χ1n) is 3.55. The van der Waals surface area contributed by atoms with Crippen LogP contribution in [0.2, 0.25) is 10.0 Å². The van der Waals surface area contributed by atoms with Gasteiger partial charge in [-0.3, -0.25) is 0 Å². The lowest BCUT2D eigenvalue weighted by atomic mass is 10.2. The highest BCUT2D eigenvalue weighted by atomic mass is 35.5. The molecule has 66 valence electrons. The number of anilines is 1. The van der Waals surface area contributed by atoms with Crippen molar-refractivity contribution in [3.63, 3.8) is 0 Å². The van der Waals surface area contributed by atoms with Gasteiger partial charge in [0.05, 0.1) is 15.6 Å². The van der Waals surface area contributed by atoms with Crippen molar-refractivity contribution in [3.8, 4) is 0 Å². The fourth-order valence-corrected chi connectivity index (χ4v) is 1.43. The quantitative estimate of drug-likeness (QED) is 0.732. The Hall–Kier alpha value is -1.06. The van der Waals surface area contributed by atoms with E-state index in [1.54, 1.807) is 18.3 Å². The fourth-order valence-electron chi connectivity index (χ4n) is 1.06. The second-order valence-electron chi connectivity index (χ2n) is 2.52. The summed E-state index contributed by atoms with van der Waals surface area (Å²) in [5, 5.41) is 1.66. The van der Waals surface area contributed by atoms with Crippen LogP contribution in [0.5, 0.6) is 0 Å². The van der Waals surface area contributed by atoms with Crippen LogP contribution in [0.1, 0.15) is 0 Å². The molecule has 0 aliphatic carbocycles. The summed E-state index contributed by atoms with van der Waals surface area (Å²) >= 11 is 11.7. The van der Waals surface area contributed by atoms with Crippen molar-refractivity contribution >= 4 is 40.1 Å². The molecule has 13 heavy (non-hydrogen) atoms. The zero-order valence-corrected chi connectivity index (χ0v) is 7.97. The molecule has 0 spiro atoms. The van der Waals surface area contributed by atoms with E-state index in [-0.39, 0.29) is 5.95 Å². The van der Waals surface area contributed by atoms with Crippen LogP contribution < -0.4 is 5.73 Å². The van der Waals surface area contributed by atoms with E-state index >= 15 is 0 Å². The summed E-state index contributed by atoms with van der Waals surface area (Å²) in [7, 11) is 0. The van der Waals surface area contributed by atoms with Crippen molar-refractivity contribution in [3.05, 3.63) is 28.4 Å². The molecule has 0 aliphatic rings. The highest BCUT2D eigenvalue weighted by Gasteiger charge is 2.04. The van der Waals surface area contributed by atoms with Crippen LogP contribution in [0.15, 0.2) is 18.3 Å². The minimum absolute atomic E-state index is 0.228. The molecule has 5 heteroatoms. The number of hydrogen-bond donors (Lipinski definition) is 1. The molecule has 2 aromatic rings. The van der Waals surface area contributed by atoms with E-state index in [0.717, 1.165) is 0 Å². The van der Waals surface area contributed by atoms with Crippen LogP contribution in [0, 0.1) is 0 Å². The number of aromatic nitrogens is 2. The maximum absolute atomic E-state index is 5.93. The topological polar surface area (TPSA) is 51.8 Å². The zero-order chi connectivity index (χ0) is 9.42. The Kier molecular flexibility index (Phi) is 1.98. The van der Waals surface area contributed by atoms with E-state index in [9.17, 15) is 0 Å². The normalized spacial score (nSPS) is 10.6. The van der Waals surface area contributed by atoms with E-state index in [2.05, 4.69) is 9.97 Å². The van der Waals surface area contributed by atoms with Crippen LogP contribution in [0.4, 0.5) is 5.95 Å². The second kappa shape index (κ2) is 3.01. The van der Waals surface area contributed by atoms with Crippen molar-refractivity contribution in [2.24, 2.45) is 0 Å². The van der Waals surface area contributed by atoms with Gasteiger partial charge in [-0.25, -0.2) is 9.97 Å². The third-order valence-corrected chi connectivity index (χ3v) is 2.49. The third-order valence-electron chi connectivity index (χ3n) is 1.67. The van der Waals surface area contributed by atoms with Gasteiger partial charge in [0, 0.05) is 11.6 Å². The van der Waals surface area contributed by atoms with Crippen LogP contribution in [0.25, 0.3) is 10.9 Å². The summed E-state index contributed by atoms with van der Waals surface area (Å²) in [6.07, 6.45) is 1.56. The first-order valence-corrected chi connectivity index (χ1v) is 4.30. The Morgan fingerprint density at radius 1 is 1.23 bits per heavy atom. The van der Waals surface area contributed by atoms with Gasteiger partial charge in [-0.15, -0.1) is 0 Å². The first-order chi connectivity index (χ1) is 6.18. The zero-order valence-electron chi connectivity index (χ0n) is 6.46. The van der Waals surface area contributed by atoms with Crippen molar-refractivity contribution < 1.29 is 0 Å². The number of rotatable bonds is 0. The minimum atomic E-state index is 0.228. The van der Waals surface area contributed by atoms with Gasteiger partial charge in [0.2, 0.25) is 5.95 Å². The molecule has 1 aromatic carbocycles. The average Bonchev–Trinajstić information content (AvgIpc) is 2.12. The van der Waals surface area contributed by atoms with E-state index in [4.69, 9.17) is 28.9 Å². The molecule has 0 bridgehead atoms. The summed E-state index contributed by atoms with van der Waals surface area (Å²) in [6, 6.07) is 3.43. The van der Waals surface area contributed by atoms with Gasteiger partial charge < -0.3 is 5.73 Å². The molecule has 0 saturated carbocycles. The van der Waals surface area contributed by atoms with Gasteiger partial charge >= 0.3 is 0 Å². The number of halogens is 2. The molecule has 0 radical (unpaired) electrons. The number of nitrogens with two attached hydrogens (primary N) is 1. The highest BCUT2D eigenvalue weighted by molar-refractivity contribution is 6.45. The smallest absolute Gasteiger partial charge is 0.220 e. The summed E-state index contributed by atoms with van der Waals surface area (Å²) in [5.74, 6) is 0.228. The summed E-state index contributed by atoms with van der Waals surface area (Å²) in [4.78, 5) is 7.83. The Labute approximate surface area is 84.5 Å². The minimum Gasteiger partial charge on any atom is -0.368 e. The lowest BCUT2D eigenvalue weighted by molar-refractivity contribution is 1.24. The van der Waals surface area contributed by atoms with Crippen LogP contribution in [-0.4, -0.2) is 9.97 Å². The molecule has 2 N–H and O–H groups in total. The molecule has 3 nitrogen and oxygen atoms in total. The summed E-state index contributed by atoms with van der Waals surface area (Å²) in [5.41, 5.74) is 6.11. The number of nitrogen functional groups attached to an aromatic ring is 1. The van der Waals surface area contributed by atoms with Crippen molar-refractivity contribution in [1.82, 2.24) is 9.97 Å². The van der Waals surface area contributed by atoms with E-state index in [1.807, 2.05) is 0 Å². The summed E-state index contributed by atoms with van der Waals surface area (Å²) < 4.78 is 0. The average molecular weight is 214 g/mol. The van der Waals surface area contributed by atoms with Crippen LogP contribution in [-0.2, 0) is 0 Å². The SMILES string of the molecule is Nc1ncc2c(Cl)c(Cl)ccc2n1. The number of hydrogen-bond acceptors (Lipinski definition) is 3. The van der Waals surface area contributed by atoms with Gasteiger partial charge in [-0.1, -0.05) is 23.2 Å². The molecule has 0 unspecified atom stereocenters. The maximum Gasteiger partial charge on any atom is 0.220 e. The van der Waals surface area contributed by atoms with Gasteiger partial charge in [0.25, 0.3) is 0 Å². The predicted molar refractivity (Wildman–Crippen MR) is 54.0 cm³/mol. The van der Waals surface area contributed by atoms with E-state index < -0.39 is 0 Å². The Morgan fingerprint density at radius 3 is 2.77 bits per heavy atom. The third kappa shape index (κ3) is 1.41. The van der Waals surface area contributed by atoms with Crippen molar-refractivity contribution in [2.45, 2.75) is 0 Å². The monoisotopic (exact) mass is 213 g/mol. The Bertz CT molecular complexity index is 470. The molecule has 0 amide bonds. The summed E-state index contributed by atoms with van der Waals surface area (Å²) in [6.45, 7) is 0. The Balaban J connectivity index is 2.87. The van der Waals surface area contributed by atoms with Gasteiger partial charge in [-0.05, 0) is 12.1 Å². The van der Waals surface area contributed by atoms with Gasteiger partial charge in [0.1, 0.15) is 0 Å². The number of nitrogens with zero attached hydrogens (tertiary/aromatic N) is 2. The molecule has 2 rings (SSSR count). The molecular formula is C8H5Cl2N3. The molecule has 0 atom stereocenters. The number of fused-ring (bicyclic) bond motifs is 1. The standard InChI is InChI=1S/C8H5Cl2N3/c9-5-1-2-6-4(7(5)10)3-12-8(11)13-6/h1-3H,(H2,11,12,13). The Morgan fingerprint density at radius 2 is 2.00 bits per heavy atom. The van der Waals surface area contributed by atoms with Crippen molar-refractivity contribution in [2.75, 3.05) is 5.73 Å². The molecule has 1 aromatic heterocycles. The molecule has 0 fully saturated rings. The lowest BCUT2D eigenvalue weighted by Crippen LogP contribution is -1.94. The highest BCUT2D eigenvalue weighted by Crippen LogP contribution is 2.29. The number of benzene rings is 1. The molecule has 0 aliphatic heterocycles. The largest absolute Gasteiger partial charge is 0.368 e. The van der Waals surface area contributed by atoms with Crippen molar-refractivity contribution in [1.29, 1.82) is 0 Å². The van der Waals surface area contributed by atoms with E-state index in [0.29, 0.717) is 20.9 Å². The predicted octanol–water partition coefficient (Wildman–Crippen LogP) is 2.52. The van der Waals surface area contributed by atoms with E-state index in [1.165, 1.54) is 0 Å². The van der Waals surface area contributed by atoms with Crippen LogP contribution >= 0.6 is 23.2 Å². The lowest BCUT2D eigenvalue weighted by Gasteiger charge is -2.01. The molecule has 0 saturated heterocycles. The fraction of sp³-hybridized carbons (Fsp3) is 0. The van der Waals surface area contributed by atoms with Crippen LogP contribution in [0.3, 0.4) is 0 Å². The molecule has 1 heterocycles. The van der Waals surface area contributed by atoms with Gasteiger partial charge in [0.15, 0.2) is 0 Å². The molecular weight excluding hydrogens is 209 g/mol. The van der Waals surface area contributed by atoms with Gasteiger partial charge in [-0.2, -0.15) is 0 Å². The maximum atomic E-state index is 5.93.